The first kappa shape index (κ1) is 32.0. The van der Waals surface area contributed by atoms with Crippen LogP contribution in [0.2, 0.25) is 0 Å². The fourth-order valence-electron chi connectivity index (χ4n) is 3.87. The van der Waals surface area contributed by atoms with E-state index in [4.69, 9.17) is 52.1 Å². The van der Waals surface area contributed by atoms with Crippen LogP contribution in [0.15, 0.2) is 24.3 Å². The van der Waals surface area contributed by atoms with Gasteiger partial charge in [0.25, 0.3) is 0 Å². The molecule has 3 rings (SSSR count). The number of ether oxygens (including phenoxy) is 11. The largest absolute Gasteiger partial charge is 0.487 e. The zero-order valence-electron chi connectivity index (χ0n) is 23.5. The molecule has 0 radical (unpaired) electrons. The molecule has 2 unspecified atom stereocenters. The Morgan fingerprint density at radius 3 is 1.10 bits per heavy atom. The van der Waals surface area contributed by atoms with Crippen LogP contribution in [0.1, 0.15) is 13.8 Å². The van der Waals surface area contributed by atoms with Gasteiger partial charge < -0.3 is 52.1 Å². The topological polar surface area (TPSA) is 102 Å². The van der Waals surface area contributed by atoms with E-state index >= 15 is 0 Å². The minimum atomic E-state index is -0.623. The molecule has 0 aromatic heterocycles. The van der Waals surface area contributed by atoms with Crippen molar-refractivity contribution in [3.05, 3.63) is 24.3 Å². The van der Waals surface area contributed by atoms with E-state index in [0.717, 1.165) is 0 Å². The lowest BCUT2D eigenvalue weighted by Crippen LogP contribution is -2.41. The quantitative estimate of drug-likeness (QED) is 0.468. The van der Waals surface area contributed by atoms with Gasteiger partial charge in [0.15, 0.2) is 11.5 Å². The zero-order valence-corrected chi connectivity index (χ0v) is 23.5. The molecule has 2 aliphatic heterocycles. The van der Waals surface area contributed by atoms with Gasteiger partial charge in [-0.15, -0.1) is 0 Å². The maximum Gasteiger partial charge on any atom is 0.161 e. The molecule has 0 amide bonds. The highest BCUT2D eigenvalue weighted by Gasteiger charge is 2.28. The monoisotopic (exact) mass is 558 g/mol. The van der Waals surface area contributed by atoms with E-state index in [0.29, 0.717) is 130 Å². The smallest absolute Gasteiger partial charge is 0.161 e. The summed E-state index contributed by atoms with van der Waals surface area (Å²) in [6.45, 7) is 11.3. The Bertz CT molecular complexity index is 706. The molecule has 39 heavy (non-hydrogen) atoms. The van der Waals surface area contributed by atoms with Gasteiger partial charge in [0.1, 0.15) is 24.4 Å². The van der Waals surface area contributed by atoms with Crippen molar-refractivity contribution in [1.29, 1.82) is 0 Å². The van der Waals surface area contributed by atoms with Crippen LogP contribution in [0.4, 0.5) is 0 Å². The average Bonchev–Trinajstić information content (AvgIpc) is 2.93. The third-order valence-electron chi connectivity index (χ3n) is 5.92. The van der Waals surface area contributed by atoms with Crippen molar-refractivity contribution in [3.63, 3.8) is 0 Å². The molecule has 1 saturated heterocycles. The molecule has 1 fully saturated rings. The fraction of sp³-hybridized carbons (Fsp3) is 0.786. The molecule has 224 valence electrons. The third-order valence-corrected chi connectivity index (χ3v) is 5.92. The van der Waals surface area contributed by atoms with Crippen molar-refractivity contribution in [3.8, 4) is 11.5 Å². The van der Waals surface area contributed by atoms with Crippen molar-refractivity contribution in [1.82, 2.24) is 0 Å². The number of hydrogen-bond donors (Lipinski definition) is 0. The van der Waals surface area contributed by atoms with Crippen LogP contribution in [-0.2, 0) is 42.6 Å². The Morgan fingerprint density at radius 1 is 0.410 bits per heavy atom. The van der Waals surface area contributed by atoms with Gasteiger partial charge in [0.2, 0.25) is 0 Å². The first-order chi connectivity index (χ1) is 19.1. The lowest BCUT2D eigenvalue weighted by molar-refractivity contribution is -0.141. The summed E-state index contributed by atoms with van der Waals surface area (Å²) in [5, 5.41) is 0. The second kappa shape index (κ2) is 18.7. The number of hydrogen-bond acceptors (Lipinski definition) is 11. The predicted molar refractivity (Wildman–Crippen MR) is 142 cm³/mol. The van der Waals surface area contributed by atoms with Gasteiger partial charge in [0, 0.05) is 0 Å². The summed E-state index contributed by atoms with van der Waals surface area (Å²) < 4.78 is 64.4. The van der Waals surface area contributed by atoms with E-state index in [1.807, 2.05) is 38.1 Å². The summed E-state index contributed by atoms with van der Waals surface area (Å²) in [5.41, 5.74) is -1.25. The van der Waals surface area contributed by atoms with E-state index in [1.165, 1.54) is 0 Å². The Hall–Kier alpha value is -1.54. The Balaban J connectivity index is 1.56. The van der Waals surface area contributed by atoms with Crippen LogP contribution >= 0.6 is 0 Å². The maximum atomic E-state index is 6.08. The third kappa shape index (κ3) is 13.6. The first-order valence-corrected chi connectivity index (χ1v) is 13.8. The summed E-state index contributed by atoms with van der Waals surface area (Å²) in [6, 6.07) is 7.55. The second-order valence-corrected chi connectivity index (χ2v) is 9.79. The molecular weight excluding hydrogens is 512 g/mol. The molecular formula is C28H46O11. The molecule has 0 aliphatic carbocycles. The predicted octanol–water partition coefficient (Wildman–Crippen LogP) is 2.14. The molecule has 2 heterocycles. The van der Waals surface area contributed by atoms with Gasteiger partial charge >= 0.3 is 0 Å². The normalized spacial score (nSPS) is 29.2. The number of fused-ring (bicyclic) bond motifs is 8. The van der Waals surface area contributed by atoms with Gasteiger partial charge in [-0.3, -0.25) is 0 Å². The van der Waals surface area contributed by atoms with Crippen molar-refractivity contribution < 1.29 is 52.1 Å². The Kier molecular flexibility index (Phi) is 15.4. The van der Waals surface area contributed by atoms with Crippen molar-refractivity contribution >= 4 is 0 Å². The highest BCUT2D eigenvalue weighted by atomic mass is 16.6. The van der Waals surface area contributed by atoms with Crippen LogP contribution < -0.4 is 9.47 Å². The molecule has 0 saturated carbocycles. The molecule has 0 N–H and O–H groups in total. The minimum Gasteiger partial charge on any atom is -0.487 e. The SMILES string of the molecule is CC12COCCOCCOc3ccccc3OCCOCCOCC(C)(COCCOC1)OCCOCCO2. The van der Waals surface area contributed by atoms with Crippen molar-refractivity contribution in [2.75, 3.05) is 119 Å². The lowest BCUT2D eigenvalue weighted by Gasteiger charge is -2.30. The van der Waals surface area contributed by atoms with Gasteiger partial charge in [-0.05, 0) is 26.0 Å². The average molecular weight is 559 g/mol. The summed E-state index contributed by atoms with van der Waals surface area (Å²) in [4.78, 5) is 0. The molecule has 2 atom stereocenters. The molecule has 1 aromatic carbocycles. The number of para-hydroxylation sites is 2. The van der Waals surface area contributed by atoms with E-state index in [-0.39, 0.29) is 0 Å². The van der Waals surface area contributed by atoms with E-state index in [2.05, 4.69) is 0 Å². The highest BCUT2D eigenvalue weighted by molar-refractivity contribution is 5.39. The summed E-state index contributed by atoms with van der Waals surface area (Å²) >= 11 is 0. The van der Waals surface area contributed by atoms with E-state index in [9.17, 15) is 0 Å². The first-order valence-electron chi connectivity index (χ1n) is 13.8. The molecule has 1 aromatic rings. The van der Waals surface area contributed by atoms with Gasteiger partial charge in [-0.2, -0.15) is 0 Å². The Morgan fingerprint density at radius 2 is 0.718 bits per heavy atom. The molecule has 11 nitrogen and oxygen atoms in total. The van der Waals surface area contributed by atoms with Gasteiger partial charge in [0.05, 0.1) is 106 Å². The summed E-state index contributed by atoms with van der Waals surface area (Å²) in [7, 11) is 0. The van der Waals surface area contributed by atoms with Gasteiger partial charge in [-0.1, -0.05) is 12.1 Å². The molecule has 0 spiro atoms. The van der Waals surface area contributed by atoms with Crippen LogP contribution in [0, 0.1) is 0 Å². The van der Waals surface area contributed by atoms with Crippen LogP contribution in [0.5, 0.6) is 11.5 Å². The van der Waals surface area contributed by atoms with Crippen LogP contribution in [0.25, 0.3) is 0 Å². The standard InChI is InChI=1S/C28H46O11/c1-27-21-32-9-7-29-13-17-36-25-5-3-4-6-26(25)37-18-14-30-8-10-33-22-28(2,24-35-12-11-34-23-27)39-20-16-31-15-19-38-27/h3-6H,7-24H2,1-2H3. The minimum absolute atomic E-state index is 0.362. The molecule has 11 heteroatoms. The zero-order chi connectivity index (χ0) is 27.5. The number of rotatable bonds is 0. The van der Waals surface area contributed by atoms with Crippen molar-refractivity contribution in [2.24, 2.45) is 0 Å². The maximum absolute atomic E-state index is 6.08. The number of benzene rings is 1. The second-order valence-electron chi connectivity index (χ2n) is 9.79. The van der Waals surface area contributed by atoms with E-state index in [1.54, 1.807) is 0 Å². The molecule has 2 bridgehead atoms. The fourth-order valence-corrected chi connectivity index (χ4v) is 3.87. The summed E-state index contributed by atoms with van der Waals surface area (Å²) in [6.07, 6.45) is 0. The van der Waals surface area contributed by atoms with Gasteiger partial charge in [-0.25, -0.2) is 0 Å². The van der Waals surface area contributed by atoms with Crippen LogP contribution in [0.3, 0.4) is 0 Å². The highest BCUT2D eigenvalue weighted by Crippen LogP contribution is 2.26. The Labute approximate surface area is 232 Å². The van der Waals surface area contributed by atoms with E-state index < -0.39 is 11.2 Å². The molecule has 2 aliphatic rings. The lowest BCUT2D eigenvalue weighted by atomic mass is 10.1. The summed E-state index contributed by atoms with van der Waals surface area (Å²) in [5.74, 6) is 1.33. The van der Waals surface area contributed by atoms with Crippen molar-refractivity contribution in [2.45, 2.75) is 25.0 Å². The van der Waals surface area contributed by atoms with Crippen LogP contribution in [-0.4, -0.2) is 130 Å².